The molecule has 1 amide bonds. The Hall–Kier alpha value is -2.04. The fourth-order valence-corrected chi connectivity index (χ4v) is 2.03. The summed E-state index contributed by atoms with van der Waals surface area (Å²) in [6.45, 7) is 4.54. The molecule has 5 heteroatoms. The van der Waals surface area contributed by atoms with Crippen LogP contribution in [0.4, 0.5) is 11.4 Å². The van der Waals surface area contributed by atoms with Crippen LogP contribution in [0.25, 0.3) is 0 Å². The molecule has 0 aliphatic carbocycles. The number of benzene rings is 2. The smallest absolute Gasteiger partial charge is 0.228 e. The standard InChI is InChI=1S/C18H22N2O2.ClH/c1-13(2)22-12-15-4-3-5-17(10-15)20-18(21)11-14-6-8-16(19)9-7-14;/h3-10,13H,11-12,19H2,1-2H3,(H,20,21);1H. The van der Waals surface area contributed by atoms with Crippen LogP contribution in [-0.4, -0.2) is 12.0 Å². The first kappa shape index (κ1) is 19.0. The molecule has 0 bridgehead atoms. The van der Waals surface area contributed by atoms with Gasteiger partial charge in [-0.15, -0.1) is 12.4 Å². The van der Waals surface area contributed by atoms with Crippen molar-refractivity contribution in [2.75, 3.05) is 11.1 Å². The third kappa shape index (κ3) is 6.72. The Morgan fingerprint density at radius 1 is 1.13 bits per heavy atom. The Morgan fingerprint density at radius 3 is 2.48 bits per heavy atom. The van der Waals surface area contributed by atoms with Crippen LogP contribution < -0.4 is 11.1 Å². The molecule has 0 spiro atoms. The summed E-state index contributed by atoms with van der Waals surface area (Å²) in [6.07, 6.45) is 0.510. The molecular weight excluding hydrogens is 312 g/mol. The van der Waals surface area contributed by atoms with Crippen molar-refractivity contribution >= 4 is 29.7 Å². The second-order valence-corrected chi connectivity index (χ2v) is 5.53. The summed E-state index contributed by atoms with van der Waals surface area (Å²) in [5, 5.41) is 2.91. The van der Waals surface area contributed by atoms with Crippen LogP contribution in [0.5, 0.6) is 0 Å². The predicted molar refractivity (Wildman–Crippen MR) is 96.8 cm³/mol. The van der Waals surface area contributed by atoms with Gasteiger partial charge in [-0.1, -0.05) is 24.3 Å². The van der Waals surface area contributed by atoms with E-state index in [0.29, 0.717) is 18.7 Å². The summed E-state index contributed by atoms with van der Waals surface area (Å²) >= 11 is 0. The molecule has 0 aliphatic rings. The lowest BCUT2D eigenvalue weighted by Gasteiger charge is -2.10. The van der Waals surface area contributed by atoms with Crippen molar-refractivity contribution in [3.63, 3.8) is 0 Å². The minimum Gasteiger partial charge on any atom is -0.399 e. The largest absolute Gasteiger partial charge is 0.399 e. The molecule has 2 rings (SSSR count). The highest BCUT2D eigenvalue weighted by Crippen LogP contribution is 2.13. The van der Waals surface area contributed by atoms with Gasteiger partial charge in [-0.3, -0.25) is 4.79 Å². The van der Waals surface area contributed by atoms with E-state index in [9.17, 15) is 4.79 Å². The molecule has 0 saturated carbocycles. The Labute approximate surface area is 143 Å². The molecule has 0 aromatic heterocycles. The van der Waals surface area contributed by atoms with Crippen molar-refractivity contribution < 1.29 is 9.53 Å². The Balaban J connectivity index is 0.00000264. The van der Waals surface area contributed by atoms with E-state index in [4.69, 9.17) is 10.5 Å². The van der Waals surface area contributed by atoms with Gasteiger partial charge < -0.3 is 15.8 Å². The summed E-state index contributed by atoms with van der Waals surface area (Å²) in [4.78, 5) is 12.1. The molecule has 3 N–H and O–H groups in total. The monoisotopic (exact) mass is 334 g/mol. The number of carbonyl (C=O) groups excluding carboxylic acids is 1. The Morgan fingerprint density at radius 2 is 1.83 bits per heavy atom. The van der Waals surface area contributed by atoms with Crippen molar-refractivity contribution in [1.82, 2.24) is 0 Å². The number of ether oxygens (including phenoxy) is 1. The fourth-order valence-electron chi connectivity index (χ4n) is 2.03. The van der Waals surface area contributed by atoms with Crippen LogP contribution in [0.1, 0.15) is 25.0 Å². The van der Waals surface area contributed by atoms with Gasteiger partial charge in [0.25, 0.3) is 0 Å². The molecule has 4 nitrogen and oxygen atoms in total. The third-order valence-corrected chi connectivity index (χ3v) is 3.14. The van der Waals surface area contributed by atoms with E-state index in [1.54, 1.807) is 12.1 Å². The van der Waals surface area contributed by atoms with Gasteiger partial charge in [0.2, 0.25) is 5.91 Å². The molecule has 0 radical (unpaired) electrons. The molecular formula is C18H23ClN2O2. The number of hydrogen-bond acceptors (Lipinski definition) is 3. The summed E-state index contributed by atoms with van der Waals surface area (Å²) in [6, 6.07) is 15.0. The van der Waals surface area contributed by atoms with E-state index in [0.717, 1.165) is 16.8 Å². The highest BCUT2D eigenvalue weighted by atomic mass is 35.5. The van der Waals surface area contributed by atoms with Crippen LogP contribution in [0.15, 0.2) is 48.5 Å². The lowest BCUT2D eigenvalue weighted by molar-refractivity contribution is -0.115. The van der Waals surface area contributed by atoms with Crippen LogP contribution in [0.3, 0.4) is 0 Å². The molecule has 2 aromatic rings. The minimum absolute atomic E-state index is 0. The van der Waals surface area contributed by atoms with Crippen LogP contribution >= 0.6 is 12.4 Å². The van der Waals surface area contributed by atoms with Crippen LogP contribution in [0.2, 0.25) is 0 Å². The zero-order valence-corrected chi connectivity index (χ0v) is 14.2. The molecule has 124 valence electrons. The van der Waals surface area contributed by atoms with E-state index < -0.39 is 0 Å². The lowest BCUT2D eigenvalue weighted by atomic mass is 10.1. The van der Waals surface area contributed by atoms with Crippen molar-refractivity contribution in [2.24, 2.45) is 0 Å². The maximum atomic E-state index is 12.1. The van der Waals surface area contributed by atoms with Crippen molar-refractivity contribution in [3.05, 3.63) is 59.7 Å². The van der Waals surface area contributed by atoms with Gasteiger partial charge in [0, 0.05) is 11.4 Å². The molecule has 0 unspecified atom stereocenters. The maximum absolute atomic E-state index is 12.1. The number of anilines is 2. The van der Waals surface area contributed by atoms with E-state index in [1.165, 1.54) is 0 Å². The van der Waals surface area contributed by atoms with E-state index in [2.05, 4.69) is 5.32 Å². The van der Waals surface area contributed by atoms with Crippen molar-refractivity contribution in [2.45, 2.75) is 33.0 Å². The quantitative estimate of drug-likeness (QED) is 0.790. The molecule has 0 heterocycles. The average Bonchev–Trinajstić information content (AvgIpc) is 2.48. The number of halogens is 1. The maximum Gasteiger partial charge on any atom is 0.228 e. The molecule has 0 atom stereocenters. The number of nitrogens with one attached hydrogen (secondary N) is 1. The average molecular weight is 335 g/mol. The van der Waals surface area contributed by atoms with Crippen molar-refractivity contribution in [1.29, 1.82) is 0 Å². The fraction of sp³-hybridized carbons (Fsp3) is 0.278. The number of amides is 1. The molecule has 0 fully saturated rings. The topological polar surface area (TPSA) is 64.3 Å². The van der Waals surface area contributed by atoms with Gasteiger partial charge in [-0.2, -0.15) is 0 Å². The van der Waals surface area contributed by atoms with Crippen molar-refractivity contribution in [3.8, 4) is 0 Å². The van der Waals surface area contributed by atoms with Gasteiger partial charge >= 0.3 is 0 Å². The number of hydrogen-bond donors (Lipinski definition) is 2. The zero-order valence-electron chi connectivity index (χ0n) is 13.4. The second-order valence-electron chi connectivity index (χ2n) is 5.53. The molecule has 23 heavy (non-hydrogen) atoms. The van der Waals surface area contributed by atoms with E-state index >= 15 is 0 Å². The number of rotatable bonds is 6. The second kappa shape index (κ2) is 9.18. The first-order valence-electron chi connectivity index (χ1n) is 7.38. The molecule has 0 aliphatic heterocycles. The van der Waals surface area contributed by atoms with Gasteiger partial charge in [-0.05, 0) is 49.2 Å². The van der Waals surface area contributed by atoms with Gasteiger partial charge in [0.1, 0.15) is 0 Å². The van der Waals surface area contributed by atoms with E-state index in [-0.39, 0.29) is 24.4 Å². The Bertz CT molecular complexity index is 627. The molecule has 2 aromatic carbocycles. The third-order valence-electron chi connectivity index (χ3n) is 3.14. The SMILES string of the molecule is CC(C)OCc1cccc(NC(=O)Cc2ccc(N)cc2)c1.Cl. The van der Waals surface area contributed by atoms with Gasteiger partial charge in [-0.25, -0.2) is 0 Å². The normalized spacial score (nSPS) is 10.2. The summed E-state index contributed by atoms with van der Waals surface area (Å²) < 4.78 is 5.57. The number of nitrogens with two attached hydrogens (primary N) is 1. The lowest BCUT2D eigenvalue weighted by Crippen LogP contribution is -2.14. The minimum atomic E-state index is -0.0494. The highest BCUT2D eigenvalue weighted by molar-refractivity contribution is 5.92. The van der Waals surface area contributed by atoms with Crippen LogP contribution in [0, 0.1) is 0 Å². The number of nitrogen functional groups attached to an aromatic ring is 1. The first-order valence-corrected chi connectivity index (χ1v) is 7.38. The Kier molecular flexibility index (Phi) is 7.59. The van der Waals surface area contributed by atoms with Gasteiger partial charge in [0.05, 0.1) is 19.1 Å². The summed E-state index contributed by atoms with van der Waals surface area (Å²) in [5.74, 6) is -0.0494. The van der Waals surface area contributed by atoms with Crippen LogP contribution in [-0.2, 0) is 22.6 Å². The zero-order chi connectivity index (χ0) is 15.9. The first-order chi connectivity index (χ1) is 10.5. The summed E-state index contributed by atoms with van der Waals surface area (Å²) in [5.41, 5.74) is 9.09. The van der Waals surface area contributed by atoms with E-state index in [1.807, 2.05) is 50.2 Å². The number of carbonyl (C=O) groups is 1. The molecule has 0 saturated heterocycles. The van der Waals surface area contributed by atoms with Gasteiger partial charge in [0.15, 0.2) is 0 Å². The predicted octanol–water partition coefficient (Wildman–Crippen LogP) is 3.80. The summed E-state index contributed by atoms with van der Waals surface area (Å²) in [7, 11) is 0. The highest BCUT2D eigenvalue weighted by Gasteiger charge is 2.05.